The number of anilines is 2. The van der Waals surface area contributed by atoms with E-state index in [1.807, 2.05) is 12.1 Å². The largest absolute Gasteiger partial charge is 0.382 e. The van der Waals surface area contributed by atoms with Crippen molar-refractivity contribution in [2.75, 3.05) is 10.2 Å². The molecule has 4 N–H and O–H groups in total. The molecule has 0 unspecified atom stereocenters. The van der Waals surface area contributed by atoms with Crippen molar-refractivity contribution in [3.8, 4) is 0 Å². The predicted octanol–water partition coefficient (Wildman–Crippen LogP) is 4.30. The van der Waals surface area contributed by atoms with E-state index < -0.39 is 5.91 Å². The SMILES string of the molecule is CCC(CC)Nc1cc(C(=O)N[C@H]2C[C@H]3CC[C@@H](C2)N3c2ccc(C(=O)C3CC3)cn2)ccc1C(N)=O. The molecule has 196 valence electrons. The second kappa shape index (κ2) is 10.5. The van der Waals surface area contributed by atoms with Crippen LogP contribution in [0.5, 0.6) is 0 Å². The molecule has 2 aliphatic heterocycles. The van der Waals surface area contributed by atoms with Gasteiger partial charge in [0.15, 0.2) is 5.78 Å². The van der Waals surface area contributed by atoms with Crippen LogP contribution in [0.3, 0.4) is 0 Å². The van der Waals surface area contributed by atoms with Crippen LogP contribution in [0.2, 0.25) is 0 Å². The van der Waals surface area contributed by atoms with Crippen molar-refractivity contribution in [2.45, 2.75) is 89.4 Å². The molecule has 2 bridgehead atoms. The molecule has 0 radical (unpaired) electrons. The van der Waals surface area contributed by atoms with E-state index in [-0.39, 0.29) is 29.7 Å². The van der Waals surface area contributed by atoms with E-state index in [1.54, 1.807) is 24.4 Å². The van der Waals surface area contributed by atoms with Gasteiger partial charge >= 0.3 is 0 Å². The van der Waals surface area contributed by atoms with Crippen molar-refractivity contribution < 1.29 is 14.4 Å². The summed E-state index contributed by atoms with van der Waals surface area (Å²) < 4.78 is 0. The number of nitrogens with one attached hydrogen (secondary N) is 2. The second-order valence-electron chi connectivity index (χ2n) is 10.8. The van der Waals surface area contributed by atoms with Crippen LogP contribution in [-0.2, 0) is 0 Å². The van der Waals surface area contributed by atoms with Gasteiger partial charge in [0.25, 0.3) is 11.8 Å². The predicted molar refractivity (Wildman–Crippen MR) is 144 cm³/mol. The first-order valence-electron chi connectivity index (χ1n) is 13.7. The normalized spacial score (nSPS) is 22.7. The average molecular weight is 504 g/mol. The summed E-state index contributed by atoms with van der Waals surface area (Å²) in [5.41, 5.74) is 7.81. The van der Waals surface area contributed by atoms with Crippen LogP contribution in [0.4, 0.5) is 11.5 Å². The number of Topliss-reactive ketones (excluding diaryl/α,β-unsaturated/α-hetero) is 1. The Bertz CT molecular complexity index is 1160. The molecule has 8 heteroatoms. The first-order chi connectivity index (χ1) is 17.9. The Morgan fingerprint density at radius 1 is 1.00 bits per heavy atom. The highest BCUT2D eigenvalue weighted by molar-refractivity contribution is 6.02. The van der Waals surface area contributed by atoms with Gasteiger partial charge in [0.2, 0.25) is 0 Å². The number of fused-ring (bicyclic) bond motifs is 2. The molecule has 3 fully saturated rings. The van der Waals surface area contributed by atoms with Gasteiger partial charge in [0, 0.05) is 53.1 Å². The number of benzene rings is 1. The third-order valence-corrected chi connectivity index (χ3v) is 8.21. The van der Waals surface area contributed by atoms with E-state index in [9.17, 15) is 14.4 Å². The van der Waals surface area contributed by atoms with Crippen LogP contribution >= 0.6 is 0 Å². The number of amides is 2. The molecular formula is C29H37N5O3. The third-order valence-electron chi connectivity index (χ3n) is 8.21. The molecule has 3 heterocycles. The molecule has 1 aliphatic carbocycles. The Hall–Kier alpha value is -3.42. The monoisotopic (exact) mass is 503 g/mol. The van der Waals surface area contributed by atoms with Crippen molar-refractivity contribution in [2.24, 2.45) is 11.7 Å². The summed E-state index contributed by atoms with van der Waals surface area (Å²) in [6.45, 7) is 4.17. The van der Waals surface area contributed by atoms with E-state index in [0.29, 0.717) is 34.5 Å². The minimum absolute atomic E-state index is 0.0724. The van der Waals surface area contributed by atoms with Crippen molar-refractivity contribution in [1.82, 2.24) is 10.3 Å². The number of nitrogens with zero attached hydrogens (tertiary/aromatic N) is 2. The number of aromatic nitrogens is 1. The zero-order valence-electron chi connectivity index (χ0n) is 21.7. The zero-order chi connectivity index (χ0) is 26.1. The maximum atomic E-state index is 13.2. The average Bonchev–Trinajstić information content (AvgIpc) is 3.71. The maximum absolute atomic E-state index is 13.2. The van der Waals surface area contributed by atoms with Gasteiger partial charge in [-0.1, -0.05) is 13.8 Å². The Balaban J connectivity index is 1.25. The summed E-state index contributed by atoms with van der Waals surface area (Å²) in [7, 11) is 0. The number of nitrogens with two attached hydrogens (primary N) is 1. The van der Waals surface area contributed by atoms with Gasteiger partial charge < -0.3 is 21.3 Å². The lowest BCUT2D eigenvalue weighted by Crippen LogP contribution is -2.50. The van der Waals surface area contributed by atoms with Crippen molar-refractivity contribution >= 4 is 29.1 Å². The quantitative estimate of drug-likeness (QED) is 0.416. The molecule has 2 amide bonds. The number of ketones is 1. The van der Waals surface area contributed by atoms with Crippen molar-refractivity contribution in [3.05, 3.63) is 53.2 Å². The fourth-order valence-electron chi connectivity index (χ4n) is 5.94. The number of rotatable bonds is 10. The topological polar surface area (TPSA) is 117 Å². The summed E-state index contributed by atoms with van der Waals surface area (Å²) in [6.07, 6.45) is 9.37. The molecule has 1 aromatic carbocycles. The highest BCUT2D eigenvalue weighted by atomic mass is 16.2. The number of carbonyl (C=O) groups excluding carboxylic acids is 3. The molecule has 3 atom stereocenters. The standard InChI is InChI=1S/C29H37N5O3/c1-3-20(4-2)32-25-13-18(7-11-24(25)28(30)36)29(37)33-21-14-22-9-10-23(15-21)34(22)26-12-8-19(16-31-26)27(35)17-5-6-17/h7-8,11-13,16-17,20-23,32H,3-6,9-10,14-15H2,1-2H3,(H2,30,36)(H,33,37)/t21-,22+,23-. The van der Waals surface area contributed by atoms with Crippen LogP contribution < -0.4 is 21.3 Å². The number of hydrogen-bond acceptors (Lipinski definition) is 6. The number of carbonyl (C=O) groups is 3. The minimum atomic E-state index is -0.511. The van der Waals surface area contributed by atoms with Gasteiger partial charge in [-0.15, -0.1) is 0 Å². The smallest absolute Gasteiger partial charge is 0.251 e. The Morgan fingerprint density at radius 3 is 2.24 bits per heavy atom. The number of piperidine rings is 1. The van der Waals surface area contributed by atoms with E-state index >= 15 is 0 Å². The maximum Gasteiger partial charge on any atom is 0.251 e. The Morgan fingerprint density at radius 2 is 1.68 bits per heavy atom. The first-order valence-corrected chi connectivity index (χ1v) is 13.7. The van der Waals surface area contributed by atoms with Gasteiger partial charge in [-0.25, -0.2) is 4.98 Å². The molecule has 8 nitrogen and oxygen atoms in total. The highest BCUT2D eigenvalue weighted by Crippen LogP contribution is 2.39. The highest BCUT2D eigenvalue weighted by Gasteiger charge is 2.42. The summed E-state index contributed by atoms with van der Waals surface area (Å²) in [6, 6.07) is 9.84. The summed E-state index contributed by atoms with van der Waals surface area (Å²) in [5.74, 6) is 0.682. The van der Waals surface area contributed by atoms with Crippen LogP contribution in [0.25, 0.3) is 0 Å². The van der Waals surface area contributed by atoms with E-state index in [1.165, 1.54) is 0 Å². The van der Waals surface area contributed by atoms with Gasteiger partial charge in [-0.3, -0.25) is 14.4 Å². The fraction of sp³-hybridized carbons (Fsp3) is 0.517. The molecule has 3 aliphatic rings. The minimum Gasteiger partial charge on any atom is -0.382 e. The van der Waals surface area contributed by atoms with E-state index in [0.717, 1.165) is 57.2 Å². The van der Waals surface area contributed by atoms with Crippen LogP contribution in [0.1, 0.15) is 96.3 Å². The van der Waals surface area contributed by atoms with Gasteiger partial charge in [-0.05, 0) is 81.7 Å². The summed E-state index contributed by atoms with van der Waals surface area (Å²) in [4.78, 5) is 44.5. The van der Waals surface area contributed by atoms with Gasteiger partial charge in [-0.2, -0.15) is 0 Å². The Labute approximate surface area is 218 Å². The van der Waals surface area contributed by atoms with E-state index in [2.05, 4.69) is 34.4 Å². The van der Waals surface area contributed by atoms with Crippen molar-refractivity contribution in [3.63, 3.8) is 0 Å². The molecule has 1 aromatic heterocycles. The number of pyridine rings is 1. The molecule has 5 rings (SSSR count). The summed E-state index contributed by atoms with van der Waals surface area (Å²) in [5, 5.41) is 6.61. The van der Waals surface area contributed by atoms with Crippen LogP contribution in [0, 0.1) is 5.92 Å². The lowest BCUT2D eigenvalue weighted by atomic mass is 9.96. The zero-order valence-corrected chi connectivity index (χ0v) is 21.7. The number of primary amides is 1. The third kappa shape index (κ3) is 5.33. The van der Waals surface area contributed by atoms with E-state index in [4.69, 9.17) is 5.73 Å². The molecule has 2 aromatic rings. The van der Waals surface area contributed by atoms with Gasteiger partial charge in [0.1, 0.15) is 5.82 Å². The second-order valence-corrected chi connectivity index (χ2v) is 10.8. The van der Waals surface area contributed by atoms with Gasteiger partial charge in [0.05, 0.1) is 5.56 Å². The molecule has 0 spiro atoms. The molecule has 1 saturated carbocycles. The first kappa shape index (κ1) is 25.2. The lowest BCUT2D eigenvalue weighted by Gasteiger charge is -2.40. The molecule has 37 heavy (non-hydrogen) atoms. The molecule has 2 saturated heterocycles. The van der Waals surface area contributed by atoms with Crippen LogP contribution in [-0.4, -0.2) is 46.7 Å². The van der Waals surface area contributed by atoms with Crippen LogP contribution in [0.15, 0.2) is 36.5 Å². The fourth-order valence-corrected chi connectivity index (χ4v) is 5.94. The number of hydrogen-bond donors (Lipinski definition) is 3. The Kier molecular flexibility index (Phi) is 7.17. The molecular weight excluding hydrogens is 466 g/mol. The van der Waals surface area contributed by atoms with Crippen molar-refractivity contribution in [1.29, 1.82) is 0 Å². The summed E-state index contributed by atoms with van der Waals surface area (Å²) >= 11 is 0. The lowest BCUT2D eigenvalue weighted by molar-refractivity contribution is 0.0924.